The van der Waals surface area contributed by atoms with Gasteiger partial charge in [-0.3, -0.25) is 4.79 Å². The van der Waals surface area contributed by atoms with Crippen molar-refractivity contribution in [1.82, 2.24) is 10.6 Å². The summed E-state index contributed by atoms with van der Waals surface area (Å²) in [5.74, 6) is 1.68. The van der Waals surface area contributed by atoms with Crippen LogP contribution in [0.4, 0.5) is 0 Å². The second kappa shape index (κ2) is 8.86. The average molecular weight is 329 g/mol. The summed E-state index contributed by atoms with van der Waals surface area (Å²) in [4.78, 5) is 12.3. The lowest BCUT2D eigenvalue weighted by atomic mass is 9.99. The molecule has 1 aromatic carbocycles. The zero-order valence-corrected chi connectivity index (χ0v) is 14.2. The molecule has 0 radical (unpaired) electrons. The number of hydrogen-bond acceptors (Lipinski definition) is 4. The molecule has 1 atom stereocenters. The van der Waals surface area contributed by atoms with E-state index in [0.717, 1.165) is 25.1 Å². The molecule has 5 nitrogen and oxygen atoms in total. The zero-order valence-electron chi connectivity index (χ0n) is 13.4. The third-order valence-corrected chi connectivity index (χ3v) is 3.93. The fourth-order valence-corrected chi connectivity index (χ4v) is 2.66. The number of halogens is 1. The molecule has 1 aliphatic rings. The first-order valence-electron chi connectivity index (χ1n) is 7.37. The van der Waals surface area contributed by atoms with E-state index >= 15 is 0 Å². The van der Waals surface area contributed by atoms with Crippen molar-refractivity contribution < 1.29 is 14.3 Å². The Labute approximate surface area is 138 Å². The molecule has 1 fully saturated rings. The summed E-state index contributed by atoms with van der Waals surface area (Å²) < 4.78 is 10.5. The lowest BCUT2D eigenvalue weighted by molar-refractivity contribution is 0.0944. The molecule has 1 aliphatic heterocycles. The Hall–Kier alpha value is -1.46. The first-order chi connectivity index (χ1) is 10.2. The number of benzene rings is 1. The maximum atomic E-state index is 12.3. The fraction of sp³-hybridized carbons (Fsp3) is 0.562. The molecule has 1 saturated heterocycles. The van der Waals surface area contributed by atoms with Gasteiger partial charge in [0.15, 0.2) is 11.5 Å². The van der Waals surface area contributed by atoms with Crippen molar-refractivity contribution in [2.24, 2.45) is 5.92 Å². The van der Waals surface area contributed by atoms with Crippen LogP contribution < -0.4 is 20.1 Å². The van der Waals surface area contributed by atoms with E-state index in [-0.39, 0.29) is 18.3 Å². The number of ether oxygens (including phenoxy) is 2. The van der Waals surface area contributed by atoms with Crippen molar-refractivity contribution in [2.45, 2.75) is 19.8 Å². The molecule has 22 heavy (non-hydrogen) atoms. The minimum atomic E-state index is -0.0565. The van der Waals surface area contributed by atoms with E-state index in [4.69, 9.17) is 9.47 Å². The van der Waals surface area contributed by atoms with E-state index in [2.05, 4.69) is 10.6 Å². The quantitative estimate of drug-likeness (QED) is 0.869. The average Bonchev–Trinajstić information content (AvgIpc) is 2.53. The maximum absolute atomic E-state index is 12.3. The first kappa shape index (κ1) is 18.6. The van der Waals surface area contributed by atoms with Gasteiger partial charge in [-0.15, -0.1) is 12.4 Å². The molecule has 0 aromatic heterocycles. The molecular formula is C16H25ClN2O3. The predicted molar refractivity (Wildman–Crippen MR) is 89.5 cm³/mol. The summed E-state index contributed by atoms with van der Waals surface area (Å²) >= 11 is 0. The van der Waals surface area contributed by atoms with Crippen LogP contribution in [0.25, 0.3) is 0 Å². The van der Waals surface area contributed by atoms with E-state index in [1.807, 2.05) is 13.0 Å². The molecule has 1 heterocycles. The van der Waals surface area contributed by atoms with Gasteiger partial charge in [0, 0.05) is 12.1 Å². The van der Waals surface area contributed by atoms with E-state index in [0.29, 0.717) is 29.5 Å². The molecule has 0 spiro atoms. The zero-order chi connectivity index (χ0) is 15.2. The second-order valence-corrected chi connectivity index (χ2v) is 5.44. The summed E-state index contributed by atoms with van der Waals surface area (Å²) in [5, 5.41) is 6.38. The Morgan fingerprint density at radius 3 is 2.59 bits per heavy atom. The molecule has 1 amide bonds. The standard InChI is InChI=1S/C16H24N2O3.ClH/c1-11-7-14(20-2)15(21-3)8-13(11)16(19)18-10-12-5-4-6-17-9-12;/h7-8,12,17H,4-6,9-10H2,1-3H3,(H,18,19);1H. The van der Waals surface area contributed by atoms with Crippen LogP contribution in [0.1, 0.15) is 28.8 Å². The number of aryl methyl sites for hydroxylation is 1. The summed E-state index contributed by atoms with van der Waals surface area (Å²) in [6.45, 7) is 4.67. The number of rotatable bonds is 5. The van der Waals surface area contributed by atoms with Gasteiger partial charge in [-0.2, -0.15) is 0 Å². The smallest absolute Gasteiger partial charge is 0.251 e. The summed E-state index contributed by atoms with van der Waals surface area (Å²) in [6.07, 6.45) is 2.34. The van der Waals surface area contributed by atoms with Crippen LogP contribution >= 0.6 is 12.4 Å². The molecule has 0 bridgehead atoms. The normalized spacial score (nSPS) is 17.3. The second-order valence-electron chi connectivity index (χ2n) is 5.44. The highest BCUT2D eigenvalue weighted by Crippen LogP contribution is 2.30. The van der Waals surface area contributed by atoms with Crippen LogP contribution in [0, 0.1) is 12.8 Å². The maximum Gasteiger partial charge on any atom is 0.251 e. The number of nitrogens with one attached hydrogen (secondary N) is 2. The highest BCUT2D eigenvalue weighted by Gasteiger charge is 2.17. The van der Waals surface area contributed by atoms with Crippen LogP contribution in [0.15, 0.2) is 12.1 Å². The van der Waals surface area contributed by atoms with Crippen LogP contribution in [0.5, 0.6) is 11.5 Å². The third-order valence-electron chi connectivity index (χ3n) is 3.93. The van der Waals surface area contributed by atoms with Gasteiger partial charge >= 0.3 is 0 Å². The lowest BCUT2D eigenvalue weighted by Crippen LogP contribution is -2.38. The van der Waals surface area contributed by atoms with Gasteiger partial charge in [0.1, 0.15) is 0 Å². The largest absolute Gasteiger partial charge is 0.493 e. The van der Waals surface area contributed by atoms with Crippen molar-refractivity contribution in [2.75, 3.05) is 33.9 Å². The summed E-state index contributed by atoms with van der Waals surface area (Å²) in [5.41, 5.74) is 1.52. The van der Waals surface area contributed by atoms with Crippen molar-refractivity contribution in [3.05, 3.63) is 23.3 Å². The fourth-order valence-electron chi connectivity index (χ4n) is 2.66. The summed E-state index contributed by atoms with van der Waals surface area (Å²) in [6, 6.07) is 3.57. The molecule has 124 valence electrons. The Morgan fingerprint density at radius 1 is 1.32 bits per heavy atom. The number of hydrogen-bond donors (Lipinski definition) is 2. The van der Waals surface area contributed by atoms with Gasteiger partial charge in [0.2, 0.25) is 0 Å². The molecule has 0 saturated carbocycles. The minimum absolute atomic E-state index is 0. The molecule has 1 unspecified atom stereocenters. The Kier molecular flexibility index (Phi) is 7.48. The Morgan fingerprint density at radius 2 is 2.00 bits per heavy atom. The van der Waals surface area contributed by atoms with Gasteiger partial charge in [-0.05, 0) is 56.5 Å². The Bertz CT molecular complexity index is 502. The van der Waals surface area contributed by atoms with Crippen LogP contribution in [-0.4, -0.2) is 39.8 Å². The van der Waals surface area contributed by atoms with Crippen molar-refractivity contribution in [3.63, 3.8) is 0 Å². The van der Waals surface area contributed by atoms with Crippen LogP contribution in [0.3, 0.4) is 0 Å². The van der Waals surface area contributed by atoms with Crippen LogP contribution in [0.2, 0.25) is 0 Å². The van der Waals surface area contributed by atoms with E-state index in [1.54, 1.807) is 20.3 Å². The molecule has 1 aromatic rings. The molecular weight excluding hydrogens is 304 g/mol. The Balaban J connectivity index is 0.00000242. The van der Waals surface area contributed by atoms with E-state index in [1.165, 1.54) is 6.42 Å². The monoisotopic (exact) mass is 328 g/mol. The minimum Gasteiger partial charge on any atom is -0.493 e. The summed E-state index contributed by atoms with van der Waals surface area (Å²) in [7, 11) is 3.16. The van der Waals surface area contributed by atoms with Gasteiger partial charge in [0.05, 0.1) is 14.2 Å². The number of piperidine rings is 1. The molecule has 6 heteroatoms. The number of carbonyl (C=O) groups excluding carboxylic acids is 1. The molecule has 2 N–H and O–H groups in total. The highest BCUT2D eigenvalue weighted by molar-refractivity contribution is 5.96. The number of methoxy groups -OCH3 is 2. The van der Waals surface area contributed by atoms with Gasteiger partial charge in [-0.1, -0.05) is 0 Å². The molecule has 2 rings (SSSR count). The van der Waals surface area contributed by atoms with Gasteiger partial charge < -0.3 is 20.1 Å². The predicted octanol–water partition coefficient (Wildman–Crippen LogP) is 2.16. The van der Waals surface area contributed by atoms with Crippen molar-refractivity contribution >= 4 is 18.3 Å². The van der Waals surface area contributed by atoms with Crippen molar-refractivity contribution in [3.8, 4) is 11.5 Å². The number of carbonyl (C=O) groups is 1. The van der Waals surface area contributed by atoms with E-state index < -0.39 is 0 Å². The van der Waals surface area contributed by atoms with Crippen molar-refractivity contribution in [1.29, 1.82) is 0 Å². The van der Waals surface area contributed by atoms with Crippen LogP contribution in [-0.2, 0) is 0 Å². The topological polar surface area (TPSA) is 59.6 Å². The van der Waals surface area contributed by atoms with E-state index in [9.17, 15) is 4.79 Å². The molecule has 0 aliphatic carbocycles. The van der Waals surface area contributed by atoms with Gasteiger partial charge in [0.25, 0.3) is 5.91 Å². The first-order valence-corrected chi connectivity index (χ1v) is 7.37. The SMILES string of the molecule is COc1cc(C)c(C(=O)NCC2CCCNC2)cc1OC.Cl. The lowest BCUT2D eigenvalue weighted by Gasteiger charge is -2.23. The van der Waals surface area contributed by atoms with Gasteiger partial charge in [-0.25, -0.2) is 0 Å². The highest BCUT2D eigenvalue weighted by atomic mass is 35.5. The third kappa shape index (κ3) is 4.52. The number of amides is 1.